The highest BCUT2D eigenvalue weighted by molar-refractivity contribution is 7.18. The Bertz CT molecular complexity index is 717. The van der Waals surface area contributed by atoms with Crippen molar-refractivity contribution in [2.75, 3.05) is 31.2 Å². The van der Waals surface area contributed by atoms with E-state index in [1.165, 1.54) is 23.4 Å². The molecule has 0 unspecified atom stereocenters. The molecule has 2 heterocycles. The smallest absolute Gasteiger partial charge is 0.261 e. The maximum atomic E-state index is 12.7. The molecular formula is C20H24N2O2S. The fraction of sp³-hybridized carbons (Fsp3) is 0.450. The van der Waals surface area contributed by atoms with E-state index in [0.717, 1.165) is 49.6 Å². The van der Waals surface area contributed by atoms with Gasteiger partial charge < -0.3 is 15.0 Å². The number of nitrogens with zero attached hydrogens (tertiary/aromatic N) is 1. The van der Waals surface area contributed by atoms with Gasteiger partial charge in [-0.25, -0.2) is 0 Å². The SMILES string of the molecule is O=C(NC1CCCC1)c1cc(-c2ccccc2)c(N2CCOCC2)s1. The van der Waals surface area contributed by atoms with Crippen LogP contribution in [0.2, 0.25) is 0 Å². The summed E-state index contributed by atoms with van der Waals surface area (Å²) >= 11 is 1.61. The van der Waals surface area contributed by atoms with E-state index in [1.807, 2.05) is 18.2 Å². The third-order valence-corrected chi connectivity index (χ3v) is 6.20. The van der Waals surface area contributed by atoms with Crippen molar-refractivity contribution in [2.24, 2.45) is 0 Å². The number of amides is 1. The number of carbonyl (C=O) groups excluding carboxylic acids is 1. The van der Waals surface area contributed by atoms with Gasteiger partial charge >= 0.3 is 0 Å². The molecule has 0 spiro atoms. The van der Waals surface area contributed by atoms with Gasteiger partial charge in [0.25, 0.3) is 5.91 Å². The van der Waals surface area contributed by atoms with Crippen molar-refractivity contribution in [3.05, 3.63) is 41.3 Å². The van der Waals surface area contributed by atoms with Crippen molar-refractivity contribution in [3.63, 3.8) is 0 Å². The molecule has 4 nitrogen and oxygen atoms in total. The Morgan fingerprint density at radius 3 is 2.56 bits per heavy atom. The second kappa shape index (κ2) is 7.58. The highest BCUT2D eigenvalue weighted by Gasteiger charge is 2.24. The van der Waals surface area contributed by atoms with Crippen molar-refractivity contribution in [3.8, 4) is 11.1 Å². The number of nitrogens with one attached hydrogen (secondary N) is 1. The molecule has 1 saturated carbocycles. The third kappa shape index (κ3) is 3.72. The summed E-state index contributed by atoms with van der Waals surface area (Å²) in [4.78, 5) is 15.9. The molecule has 1 amide bonds. The lowest BCUT2D eigenvalue weighted by molar-refractivity contribution is 0.0942. The van der Waals surface area contributed by atoms with Gasteiger partial charge in [-0.05, 0) is 24.5 Å². The van der Waals surface area contributed by atoms with E-state index in [9.17, 15) is 4.79 Å². The van der Waals surface area contributed by atoms with Crippen molar-refractivity contribution in [1.82, 2.24) is 5.32 Å². The van der Waals surface area contributed by atoms with Crippen LogP contribution in [0.4, 0.5) is 5.00 Å². The number of rotatable bonds is 4. The lowest BCUT2D eigenvalue weighted by atomic mass is 10.1. The first kappa shape index (κ1) is 16.6. The predicted octanol–water partition coefficient (Wildman–Crippen LogP) is 3.92. The molecule has 2 aliphatic rings. The highest BCUT2D eigenvalue weighted by Crippen LogP contribution is 2.39. The van der Waals surface area contributed by atoms with Crippen LogP contribution in [0.5, 0.6) is 0 Å². The fourth-order valence-corrected chi connectivity index (χ4v) is 4.78. The Balaban J connectivity index is 1.63. The zero-order valence-corrected chi connectivity index (χ0v) is 15.2. The molecule has 1 N–H and O–H groups in total. The van der Waals surface area contributed by atoms with E-state index in [1.54, 1.807) is 11.3 Å². The van der Waals surface area contributed by atoms with Crippen molar-refractivity contribution in [1.29, 1.82) is 0 Å². The Morgan fingerprint density at radius 2 is 1.84 bits per heavy atom. The summed E-state index contributed by atoms with van der Waals surface area (Å²) in [5.41, 5.74) is 2.32. The molecule has 1 aliphatic heterocycles. The number of hydrogen-bond acceptors (Lipinski definition) is 4. The first-order valence-electron chi connectivity index (χ1n) is 9.14. The van der Waals surface area contributed by atoms with Gasteiger partial charge in [0.1, 0.15) is 0 Å². The maximum Gasteiger partial charge on any atom is 0.261 e. The van der Waals surface area contributed by atoms with Gasteiger partial charge in [-0.15, -0.1) is 11.3 Å². The van der Waals surface area contributed by atoms with Crippen molar-refractivity contribution < 1.29 is 9.53 Å². The summed E-state index contributed by atoms with van der Waals surface area (Å²) in [7, 11) is 0. The zero-order chi connectivity index (χ0) is 17.1. The summed E-state index contributed by atoms with van der Waals surface area (Å²) in [6, 6.07) is 12.8. The van der Waals surface area contributed by atoms with Crippen LogP contribution < -0.4 is 10.2 Å². The van der Waals surface area contributed by atoms with Gasteiger partial charge in [0.2, 0.25) is 0 Å². The second-order valence-corrected chi connectivity index (χ2v) is 7.78. The molecule has 132 valence electrons. The number of carbonyl (C=O) groups is 1. The Morgan fingerprint density at radius 1 is 1.12 bits per heavy atom. The molecule has 2 aromatic rings. The van der Waals surface area contributed by atoms with Crippen LogP contribution in [0, 0.1) is 0 Å². The number of hydrogen-bond donors (Lipinski definition) is 1. The monoisotopic (exact) mass is 356 g/mol. The number of ether oxygens (including phenoxy) is 1. The molecule has 0 bridgehead atoms. The molecule has 0 atom stereocenters. The molecule has 25 heavy (non-hydrogen) atoms. The van der Waals surface area contributed by atoms with Crippen LogP contribution in [0.1, 0.15) is 35.4 Å². The third-order valence-electron chi connectivity index (χ3n) is 5.01. The van der Waals surface area contributed by atoms with E-state index in [0.29, 0.717) is 6.04 Å². The first-order chi connectivity index (χ1) is 12.3. The summed E-state index contributed by atoms with van der Waals surface area (Å²) in [5, 5.41) is 4.40. The van der Waals surface area contributed by atoms with Crippen LogP contribution in [0.15, 0.2) is 36.4 Å². The minimum Gasteiger partial charge on any atom is -0.378 e. The highest BCUT2D eigenvalue weighted by atomic mass is 32.1. The number of morpholine rings is 1. The van der Waals surface area contributed by atoms with E-state index in [4.69, 9.17) is 4.74 Å². The van der Waals surface area contributed by atoms with Gasteiger partial charge in [-0.1, -0.05) is 43.2 Å². The molecule has 5 heteroatoms. The standard InChI is InChI=1S/C20H24N2O2S/c23-19(21-16-8-4-5-9-16)18-14-17(15-6-2-1-3-7-15)20(25-18)22-10-12-24-13-11-22/h1-3,6-7,14,16H,4-5,8-13H2,(H,21,23). The lowest BCUT2D eigenvalue weighted by Gasteiger charge is -2.28. The van der Waals surface area contributed by atoms with Gasteiger partial charge in [-0.3, -0.25) is 4.79 Å². The van der Waals surface area contributed by atoms with Crippen LogP contribution in [-0.4, -0.2) is 38.3 Å². The minimum atomic E-state index is 0.0774. The molecule has 0 radical (unpaired) electrons. The average molecular weight is 356 g/mol. The molecule has 2 fully saturated rings. The van der Waals surface area contributed by atoms with Crippen molar-refractivity contribution in [2.45, 2.75) is 31.7 Å². The maximum absolute atomic E-state index is 12.7. The van der Waals surface area contributed by atoms with Crippen LogP contribution in [0.3, 0.4) is 0 Å². The van der Waals surface area contributed by atoms with Crippen LogP contribution in [0.25, 0.3) is 11.1 Å². The number of anilines is 1. The number of thiophene rings is 1. The van der Waals surface area contributed by atoms with E-state index >= 15 is 0 Å². The topological polar surface area (TPSA) is 41.6 Å². The summed E-state index contributed by atoms with van der Waals surface area (Å²) in [5.74, 6) is 0.0774. The summed E-state index contributed by atoms with van der Waals surface area (Å²) in [6.07, 6.45) is 4.67. The lowest BCUT2D eigenvalue weighted by Crippen LogP contribution is -2.36. The normalized spacial score (nSPS) is 18.5. The molecule has 1 saturated heterocycles. The van der Waals surface area contributed by atoms with Gasteiger partial charge in [-0.2, -0.15) is 0 Å². The van der Waals surface area contributed by atoms with E-state index in [-0.39, 0.29) is 5.91 Å². The second-order valence-electron chi connectivity index (χ2n) is 6.75. The molecule has 1 aromatic carbocycles. The van der Waals surface area contributed by atoms with Gasteiger partial charge in [0.05, 0.1) is 23.1 Å². The first-order valence-corrected chi connectivity index (χ1v) is 9.96. The van der Waals surface area contributed by atoms with Crippen LogP contribution >= 0.6 is 11.3 Å². The predicted molar refractivity (Wildman–Crippen MR) is 103 cm³/mol. The Labute approximate surface area is 152 Å². The van der Waals surface area contributed by atoms with Crippen molar-refractivity contribution >= 4 is 22.2 Å². The summed E-state index contributed by atoms with van der Waals surface area (Å²) < 4.78 is 5.49. The average Bonchev–Trinajstić information content (AvgIpc) is 3.33. The molecule has 4 rings (SSSR count). The molecular weight excluding hydrogens is 332 g/mol. The quantitative estimate of drug-likeness (QED) is 0.903. The van der Waals surface area contributed by atoms with Gasteiger partial charge in [0.15, 0.2) is 0 Å². The van der Waals surface area contributed by atoms with Crippen LogP contribution in [-0.2, 0) is 4.74 Å². The Kier molecular flexibility index (Phi) is 5.04. The largest absolute Gasteiger partial charge is 0.378 e. The minimum absolute atomic E-state index is 0.0774. The Hall–Kier alpha value is -1.85. The van der Waals surface area contributed by atoms with E-state index in [2.05, 4.69) is 28.4 Å². The summed E-state index contributed by atoms with van der Waals surface area (Å²) in [6.45, 7) is 3.25. The molecule has 1 aliphatic carbocycles. The van der Waals surface area contributed by atoms with Gasteiger partial charge in [0, 0.05) is 24.7 Å². The fourth-order valence-electron chi connectivity index (χ4n) is 3.65. The van der Waals surface area contributed by atoms with E-state index < -0.39 is 0 Å². The molecule has 1 aromatic heterocycles. The number of benzene rings is 1. The zero-order valence-electron chi connectivity index (χ0n) is 14.4.